The Morgan fingerprint density at radius 3 is 2.45 bits per heavy atom. The van der Waals surface area contributed by atoms with Gasteiger partial charge in [-0.15, -0.1) is 0 Å². The zero-order valence-electron chi connectivity index (χ0n) is 22.5. The maximum Gasteiger partial charge on any atom is 0.259 e. The molecule has 2 aromatic heterocycles. The fourth-order valence-electron chi connectivity index (χ4n) is 4.27. The summed E-state index contributed by atoms with van der Waals surface area (Å²) in [5.41, 5.74) is 4.44. The summed E-state index contributed by atoms with van der Waals surface area (Å²) in [6, 6.07) is 19.0. The standard InChI is InChI=1S/C30H34N6O2/c1-30(2,3)24-13-12-21(17-26(24)35-27(37)19-36(4)5)34-29(38)23-10-8-15-32-28(23)33-18-20-14-16-31-25-11-7-6-9-22(20)25/h6-17H,18-19H2,1-5H3,(H,32,33)(H,34,38)(H,35,37). The van der Waals surface area contributed by atoms with Crippen LogP contribution in [0.25, 0.3) is 10.9 Å². The van der Waals surface area contributed by atoms with Gasteiger partial charge in [-0.1, -0.05) is 45.0 Å². The van der Waals surface area contributed by atoms with Crippen LogP contribution in [-0.4, -0.2) is 47.3 Å². The summed E-state index contributed by atoms with van der Waals surface area (Å²) in [5, 5.41) is 10.3. The molecule has 4 aromatic rings. The van der Waals surface area contributed by atoms with Crippen LogP contribution in [0.5, 0.6) is 0 Å². The molecule has 0 fully saturated rings. The lowest BCUT2D eigenvalue weighted by atomic mass is 9.85. The lowest BCUT2D eigenvalue weighted by molar-refractivity contribution is -0.116. The second kappa shape index (κ2) is 11.4. The highest BCUT2D eigenvalue weighted by Gasteiger charge is 2.21. The average Bonchev–Trinajstić information content (AvgIpc) is 2.86. The van der Waals surface area contributed by atoms with E-state index in [1.807, 2.05) is 61.5 Å². The van der Waals surface area contributed by atoms with Crippen LogP contribution in [0.1, 0.15) is 42.3 Å². The van der Waals surface area contributed by atoms with E-state index < -0.39 is 0 Å². The van der Waals surface area contributed by atoms with Gasteiger partial charge in [-0.2, -0.15) is 0 Å². The van der Waals surface area contributed by atoms with E-state index in [4.69, 9.17) is 0 Å². The van der Waals surface area contributed by atoms with Gasteiger partial charge in [-0.25, -0.2) is 4.98 Å². The summed E-state index contributed by atoms with van der Waals surface area (Å²) in [6.45, 7) is 7.01. The first kappa shape index (κ1) is 26.8. The Kier molecular flexibility index (Phi) is 8.02. The fraction of sp³-hybridized carbons (Fsp3) is 0.267. The number of nitrogens with one attached hydrogen (secondary N) is 3. The van der Waals surface area contributed by atoms with Crippen LogP contribution in [0.3, 0.4) is 0 Å². The van der Waals surface area contributed by atoms with Crippen molar-refractivity contribution in [3.8, 4) is 0 Å². The van der Waals surface area contributed by atoms with E-state index in [1.165, 1.54) is 0 Å². The van der Waals surface area contributed by atoms with Gasteiger partial charge in [0.05, 0.1) is 17.6 Å². The van der Waals surface area contributed by atoms with Crippen molar-refractivity contribution >= 4 is 39.9 Å². The first-order valence-electron chi connectivity index (χ1n) is 12.5. The number of pyridine rings is 2. The van der Waals surface area contributed by atoms with Crippen molar-refractivity contribution in [2.45, 2.75) is 32.7 Å². The molecule has 196 valence electrons. The van der Waals surface area contributed by atoms with Crippen LogP contribution in [0.15, 0.2) is 73.1 Å². The van der Waals surface area contributed by atoms with Crippen LogP contribution >= 0.6 is 0 Å². The lowest BCUT2D eigenvalue weighted by Gasteiger charge is -2.24. The van der Waals surface area contributed by atoms with Crippen molar-refractivity contribution in [3.05, 3.63) is 89.7 Å². The van der Waals surface area contributed by atoms with Crippen molar-refractivity contribution in [1.82, 2.24) is 14.9 Å². The lowest BCUT2D eigenvalue weighted by Crippen LogP contribution is -2.28. The molecular formula is C30H34N6O2. The minimum absolute atomic E-state index is 0.119. The summed E-state index contributed by atoms with van der Waals surface area (Å²) in [4.78, 5) is 36.5. The number of para-hydroxylation sites is 1. The maximum absolute atomic E-state index is 13.3. The third-order valence-electron chi connectivity index (χ3n) is 6.06. The molecule has 0 spiro atoms. The quantitative estimate of drug-likeness (QED) is 0.298. The minimum atomic E-state index is -0.297. The summed E-state index contributed by atoms with van der Waals surface area (Å²) < 4.78 is 0. The molecule has 0 saturated carbocycles. The number of likely N-dealkylation sites (N-methyl/N-ethyl adjacent to an activating group) is 1. The average molecular weight is 511 g/mol. The normalized spacial score (nSPS) is 11.4. The van der Waals surface area contributed by atoms with Gasteiger partial charge in [0.2, 0.25) is 5.91 Å². The fourth-order valence-corrected chi connectivity index (χ4v) is 4.27. The summed E-state index contributed by atoms with van der Waals surface area (Å²) in [7, 11) is 3.69. The number of hydrogen-bond donors (Lipinski definition) is 3. The Balaban J connectivity index is 1.54. The van der Waals surface area contributed by atoms with Gasteiger partial charge >= 0.3 is 0 Å². The van der Waals surface area contributed by atoms with E-state index in [2.05, 4.69) is 46.7 Å². The Labute approximate surface area is 223 Å². The van der Waals surface area contributed by atoms with Crippen molar-refractivity contribution in [1.29, 1.82) is 0 Å². The van der Waals surface area contributed by atoms with Crippen LogP contribution in [0, 0.1) is 0 Å². The number of nitrogens with zero attached hydrogens (tertiary/aromatic N) is 3. The van der Waals surface area contributed by atoms with E-state index in [-0.39, 0.29) is 23.8 Å². The molecule has 0 atom stereocenters. The molecule has 38 heavy (non-hydrogen) atoms. The number of anilines is 3. The number of rotatable bonds is 8. The summed E-state index contributed by atoms with van der Waals surface area (Å²) >= 11 is 0. The molecule has 0 saturated heterocycles. The highest BCUT2D eigenvalue weighted by atomic mass is 16.2. The van der Waals surface area contributed by atoms with Crippen molar-refractivity contribution < 1.29 is 9.59 Å². The summed E-state index contributed by atoms with van der Waals surface area (Å²) in [6.07, 6.45) is 3.43. The second-order valence-corrected chi connectivity index (χ2v) is 10.5. The number of aromatic nitrogens is 2. The number of carbonyl (C=O) groups excluding carboxylic acids is 2. The number of carbonyl (C=O) groups is 2. The predicted octanol–water partition coefficient (Wildman–Crippen LogP) is 5.29. The number of hydrogen-bond acceptors (Lipinski definition) is 6. The zero-order valence-corrected chi connectivity index (χ0v) is 22.5. The smallest absolute Gasteiger partial charge is 0.259 e. The van der Waals surface area contributed by atoms with Crippen LogP contribution in [-0.2, 0) is 16.8 Å². The molecule has 8 nitrogen and oxygen atoms in total. The highest BCUT2D eigenvalue weighted by Crippen LogP contribution is 2.32. The Morgan fingerprint density at radius 1 is 0.895 bits per heavy atom. The molecule has 0 unspecified atom stereocenters. The number of benzene rings is 2. The van der Waals surface area contributed by atoms with Gasteiger partial charge in [0.15, 0.2) is 0 Å². The van der Waals surface area contributed by atoms with E-state index in [0.717, 1.165) is 22.0 Å². The molecule has 0 aliphatic heterocycles. The third kappa shape index (κ3) is 6.52. The molecule has 2 heterocycles. The Bertz CT molecular complexity index is 1450. The molecule has 4 rings (SSSR count). The largest absolute Gasteiger partial charge is 0.365 e. The zero-order chi connectivity index (χ0) is 27.3. The minimum Gasteiger partial charge on any atom is -0.365 e. The van der Waals surface area contributed by atoms with Crippen molar-refractivity contribution in [2.75, 3.05) is 36.6 Å². The van der Waals surface area contributed by atoms with Crippen molar-refractivity contribution in [2.24, 2.45) is 0 Å². The Morgan fingerprint density at radius 2 is 1.68 bits per heavy atom. The third-order valence-corrected chi connectivity index (χ3v) is 6.06. The van der Waals surface area contributed by atoms with Crippen LogP contribution in [0.4, 0.5) is 17.2 Å². The van der Waals surface area contributed by atoms with Gasteiger partial charge in [-0.3, -0.25) is 14.6 Å². The number of amides is 2. The van der Waals surface area contributed by atoms with Crippen molar-refractivity contribution in [3.63, 3.8) is 0 Å². The van der Waals surface area contributed by atoms with Gasteiger partial charge < -0.3 is 20.9 Å². The van der Waals surface area contributed by atoms with Gasteiger partial charge in [-0.05, 0) is 67.0 Å². The second-order valence-electron chi connectivity index (χ2n) is 10.5. The molecule has 8 heteroatoms. The van der Waals surface area contributed by atoms with Crippen LogP contribution in [0.2, 0.25) is 0 Å². The highest BCUT2D eigenvalue weighted by molar-refractivity contribution is 6.08. The van der Waals surface area contributed by atoms with E-state index >= 15 is 0 Å². The topological polar surface area (TPSA) is 99.3 Å². The van der Waals surface area contributed by atoms with E-state index in [1.54, 1.807) is 30.6 Å². The molecule has 3 N–H and O–H groups in total. The van der Waals surface area contributed by atoms with E-state index in [9.17, 15) is 9.59 Å². The Hall–Kier alpha value is -4.30. The SMILES string of the molecule is CN(C)CC(=O)Nc1cc(NC(=O)c2cccnc2NCc2ccnc3ccccc23)ccc1C(C)(C)C. The van der Waals surface area contributed by atoms with Crippen LogP contribution < -0.4 is 16.0 Å². The first-order valence-corrected chi connectivity index (χ1v) is 12.5. The first-order chi connectivity index (χ1) is 18.1. The molecule has 0 bridgehead atoms. The monoisotopic (exact) mass is 510 g/mol. The molecule has 2 amide bonds. The number of fused-ring (bicyclic) bond motifs is 1. The molecule has 2 aromatic carbocycles. The molecule has 0 radical (unpaired) electrons. The van der Waals surface area contributed by atoms with Gasteiger partial charge in [0.25, 0.3) is 5.91 Å². The summed E-state index contributed by atoms with van der Waals surface area (Å²) in [5.74, 6) is 0.0670. The van der Waals surface area contributed by atoms with Gasteiger partial charge in [0, 0.05) is 35.7 Å². The molecule has 0 aliphatic carbocycles. The molecular weight excluding hydrogens is 476 g/mol. The van der Waals surface area contributed by atoms with Gasteiger partial charge in [0.1, 0.15) is 5.82 Å². The maximum atomic E-state index is 13.3. The predicted molar refractivity (Wildman–Crippen MR) is 154 cm³/mol. The van der Waals surface area contributed by atoms with E-state index in [0.29, 0.717) is 29.3 Å². The molecule has 0 aliphatic rings.